The fourth-order valence-corrected chi connectivity index (χ4v) is 2.58. The SMILES string of the molecule is CCCCCCCCCCC1COCC(C)N1. The number of hydrogen-bond acceptors (Lipinski definition) is 2. The van der Waals surface area contributed by atoms with Crippen LogP contribution in [0.2, 0.25) is 0 Å². The van der Waals surface area contributed by atoms with Gasteiger partial charge in [-0.3, -0.25) is 0 Å². The van der Waals surface area contributed by atoms with Crippen LogP contribution < -0.4 is 5.32 Å². The average Bonchev–Trinajstić information content (AvgIpc) is 2.33. The van der Waals surface area contributed by atoms with Crippen molar-refractivity contribution < 1.29 is 4.74 Å². The minimum Gasteiger partial charge on any atom is -0.378 e. The average molecular weight is 241 g/mol. The predicted octanol–water partition coefficient (Wildman–Crippen LogP) is 3.89. The Balaban J connectivity index is 1.83. The van der Waals surface area contributed by atoms with E-state index in [9.17, 15) is 0 Å². The number of unbranched alkanes of at least 4 members (excludes halogenated alkanes) is 7. The maximum Gasteiger partial charge on any atom is 0.0620 e. The lowest BCUT2D eigenvalue weighted by Crippen LogP contribution is -2.47. The van der Waals surface area contributed by atoms with E-state index in [2.05, 4.69) is 19.2 Å². The standard InChI is InChI=1S/C15H31NO/c1-3-4-5-6-7-8-9-10-11-15-13-17-12-14(2)16-15/h14-16H,3-13H2,1-2H3. The minimum atomic E-state index is 0.544. The van der Waals surface area contributed by atoms with Crippen LogP contribution in [0.1, 0.15) is 71.6 Å². The number of ether oxygens (including phenoxy) is 1. The van der Waals surface area contributed by atoms with E-state index in [1.54, 1.807) is 0 Å². The van der Waals surface area contributed by atoms with Gasteiger partial charge in [0.1, 0.15) is 0 Å². The zero-order chi connectivity index (χ0) is 12.3. The van der Waals surface area contributed by atoms with Crippen LogP contribution in [0, 0.1) is 0 Å². The normalized spacial score (nSPS) is 25.1. The van der Waals surface area contributed by atoms with Gasteiger partial charge in [-0.25, -0.2) is 0 Å². The second-order valence-corrected chi connectivity index (χ2v) is 5.57. The zero-order valence-corrected chi connectivity index (χ0v) is 11.8. The third-order valence-corrected chi connectivity index (χ3v) is 3.61. The Bertz CT molecular complexity index is 172. The molecule has 0 saturated carbocycles. The smallest absolute Gasteiger partial charge is 0.0620 e. The van der Waals surface area contributed by atoms with Crippen LogP contribution in [0.25, 0.3) is 0 Å². The Labute approximate surface area is 108 Å². The first-order valence-electron chi connectivity index (χ1n) is 7.66. The molecule has 0 amide bonds. The molecule has 1 heterocycles. The van der Waals surface area contributed by atoms with Gasteiger partial charge in [0, 0.05) is 12.1 Å². The predicted molar refractivity (Wildman–Crippen MR) is 74.4 cm³/mol. The first-order valence-corrected chi connectivity index (χ1v) is 7.66. The summed E-state index contributed by atoms with van der Waals surface area (Å²) in [6.07, 6.45) is 12.6. The van der Waals surface area contributed by atoms with E-state index in [4.69, 9.17) is 4.74 Å². The lowest BCUT2D eigenvalue weighted by Gasteiger charge is -2.28. The van der Waals surface area contributed by atoms with E-state index in [1.807, 2.05) is 0 Å². The Hall–Kier alpha value is -0.0800. The maximum atomic E-state index is 5.55. The van der Waals surface area contributed by atoms with Gasteiger partial charge in [-0.05, 0) is 13.3 Å². The van der Waals surface area contributed by atoms with Crippen LogP contribution in [-0.4, -0.2) is 25.3 Å². The quantitative estimate of drug-likeness (QED) is 0.618. The van der Waals surface area contributed by atoms with Crippen molar-refractivity contribution in [3.8, 4) is 0 Å². The Kier molecular flexibility index (Phi) is 8.72. The van der Waals surface area contributed by atoms with Gasteiger partial charge >= 0.3 is 0 Å². The Morgan fingerprint density at radius 3 is 2.24 bits per heavy atom. The molecular weight excluding hydrogens is 210 g/mol. The molecule has 0 aliphatic carbocycles. The Morgan fingerprint density at radius 2 is 1.59 bits per heavy atom. The molecule has 2 unspecified atom stereocenters. The Morgan fingerprint density at radius 1 is 0.941 bits per heavy atom. The van der Waals surface area contributed by atoms with E-state index >= 15 is 0 Å². The zero-order valence-electron chi connectivity index (χ0n) is 11.8. The molecule has 1 aliphatic heterocycles. The van der Waals surface area contributed by atoms with Crippen LogP contribution in [0.5, 0.6) is 0 Å². The second-order valence-electron chi connectivity index (χ2n) is 5.57. The van der Waals surface area contributed by atoms with Crippen LogP contribution in [0.15, 0.2) is 0 Å². The molecule has 0 spiro atoms. The van der Waals surface area contributed by atoms with E-state index in [0.717, 1.165) is 13.2 Å². The molecule has 0 aromatic rings. The van der Waals surface area contributed by atoms with Gasteiger partial charge in [-0.15, -0.1) is 0 Å². The fourth-order valence-electron chi connectivity index (χ4n) is 2.58. The first kappa shape index (κ1) is 15.0. The molecule has 2 heteroatoms. The highest BCUT2D eigenvalue weighted by molar-refractivity contribution is 4.75. The third-order valence-electron chi connectivity index (χ3n) is 3.61. The van der Waals surface area contributed by atoms with Crippen molar-refractivity contribution in [2.75, 3.05) is 13.2 Å². The molecule has 1 aliphatic rings. The van der Waals surface area contributed by atoms with Gasteiger partial charge in [0.15, 0.2) is 0 Å². The second kappa shape index (κ2) is 9.90. The van der Waals surface area contributed by atoms with Gasteiger partial charge in [0.05, 0.1) is 13.2 Å². The molecule has 2 nitrogen and oxygen atoms in total. The van der Waals surface area contributed by atoms with Crippen molar-refractivity contribution in [2.24, 2.45) is 0 Å². The third kappa shape index (κ3) is 7.77. The van der Waals surface area contributed by atoms with E-state index in [-0.39, 0.29) is 0 Å². The summed E-state index contributed by atoms with van der Waals surface area (Å²) in [7, 11) is 0. The molecule has 1 rings (SSSR count). The first-order chi connectivity index (χ1) is 8.33. The molecule has 1 saturated heterocycles. The van der Waals surface area contributed by atoms with Gasteiger partial charge in [0.2, 0.25) is 0 Å². The van der Waals surface area contributed by atoms with Crippen molar-refractivity contribution in [3.05, 3.63) is 0 Å². The number of rotatable bonds is 9. The summed E-state index contributed by atoms with van der Waals surface area (Å²) in [5, 5.41) is 3.61. The van der Waals surface area contributed by atoms with Gasteiger partial charge in [0.25, 0.3) is 0 Å². The summed E-state index contributed by atoms with van der Waals surface area (Å²) in [6, 6.07) is 1.15. The highest BCUT2D eigenvalue weighted by Gasteiger charge is 2.17. The van der Waals surface area contributed by atoms with E-state index < -0.39 is 0 Å². The van der Waals surface area contributed by atoms with Gasteiger partial charge in [-0.2, -0.15) is 0 Å². The molecule has 0 aromatic heterocycles. The van der Waals surface area contributed by atoms with Crippen molar-refractivity contribution in [1.82, 2.24) is 5.32 Å². The van der Waals surface area contributed by atoms with Crippen LogP contribution >= 0.6 is 0 Å². The molecule has 0 aromatic carbocycles. The van der Waals surface area contributed by atoms with Crippen molar-refractivity contribution >= 4 is 0 Å². The highest BCUT2D eigenvalue weighted by atomic mass is 16.5. The van der Waals surface area contributed by atoms with E-state index in [1.165, 1.54) is 57.8 Å². The topological polar surface area (TPSA) is 21.3 Å². The molecule has 1 N–H and O–H groups in total. The largest absolute Gasteiger partial charge is 0.378 e. The summed E-state index contributed by atoms with van der Waals surface area (Å²) < 4.78 is 5.55. The summed E-state index contributed by atoms with van der Waals surface area (Å²) in [4.78, 5) is 0. The van der Waals surface area contributed by atoms with Crippen molar-refractivity contribution in [1.29, 1.82) is 0 Å². The molecule has 0 bridgehead atoms. The van der Waals surface area contributed by atoms with Crippen LogP contribution in [-0.2, 0) is 4.74 Å². The number of morpholine rings is 1. The monoisotopic (exact) mass is 241 g/mol. The molecule has 0 radical (unpaired) electrons. The van der Waals surface area contributed by atoms with Crippen LogP contribution in [0.3, 0.4) is 0 Å². The van der Waals surface area contributed by atoms with Crippen LogP contribution in [0.4, 0.5) is 0 Å². The highest BCUT2D eigenvalue weighted by Crippen LogP contribution is 2.12. The number of nitrogens with one attached hydrogen (secondary N) is 1. The summed E-state index contributed by atoms with van der Waals surface area (Å²) in [6.45, 7) is 6.29. The summed E-state index contributed by atoms with van der Waals surface area (Å²) in [5.74, 6) is 0. The van der Waals surface area contributed by atoms with Gasteiger partial charge in [-0.1, -0.05) is 58.3 Å². The molecule has 17 heavy (non-hydrogen) atoms. The van der Waals surface area contributed by atoms with E-state index in [0.29, 0.717) is 12.1 Å². The summed E-state index contributed by atoms with van der Waals surface area (Å²) >= 11 is 0. The molecule has 2 atom stereocenters. The summed E-state index contributed by atoms with van der Waals surface area (Å²) in [5.41, 5.74) is 0. The van der Waals surface area contributed by atoms with Gasteiger partial charge < -0.3 is 10.1 Å². The molecule has 102 valence electrons. The number of hydrogen-bond donors (Lipinski definition) is 1. The lowest BCUT2D eigenvalue weighted by atomic mass is 10.0. The molecule has 1 fully saturated rings. The van der Waals surface area contributed by atoms with Crippen molar-refractivity contribution in [3.63, 3.8) is 0 Å². The van der Waals surface area contributed by atoms with Crippen molar-refractivity contribution in [2.45, 2.75) is 83.7 Å². The fraction of sp³-hybridized carbons (Fsp3) is 1.00. The maximum absolute atomic E-state index is 5.55. The lowest BCUT2D eigenvalue weighted by molar-refractivity contribution is 0.0474. The minimum absolute atomic E-state index is 0.544. The molecular formula is C15H31NO.